The maximum atomic E-state index is 11.6. The lowest BCUT2D eigenvalue weighted by Gasteiger charge is -2.26. The molecule has 2 aromatic carbocycles. The minimum atomic E-state index is -0.579. The number of aryl methyl sites for hydroxylation is 1. The van der Waals surface area contributed by atoms with Gasteiger partial charge in [0.25, 0.3) is 0 Å². The van der Waals surface area contributed by atoms with Crippen molar-refractivity contribution in [1.82, 2.24) is 4.98 Å². The van der Waals surface area contributed by atoms with Gasteiger partial charge in [-0.15, -0.1) is 12.4 Å². The molecule has 3 aromatic rings. The summed E-state index contributed by atoms with van der Waals surface area (Å²) in [6.07, 6.45) is 3.46. The summed E-state index contributed by atoms with van der Waals surface area (Å²) in [6.45, 7) is 1.63. The Morgan fingerprint density at radius 3 is 2.70 bits per heavy atom. The van der Waals surface area contributed by atoms with E-state index < -0.39 is 6.04 Å². The number of ether oxygens (including phenoxy) is 2. The Hall–Kier alpha value is -3.09. The van der Waals surface area contributed by atoms with E-state index in [-0.39, 0.29) is 24.4 Å². The van der Waals surface area contributed by atoms with E-state index in [1.807, 2.05) is 36.4 Å². The molecule has 7 heteroatoms. The number of amides is 1. The van der Waals surface area contributed by atoms with Crippen molar-refractivity contribution in [3.8, 4) is 17.4 Å². The average molecular weight is 426 g/mol. The number of pyridine rings is 1. The van der Waals surface area contributed by atoms with Crippen LogP contribution >= 0.6 is 12.4 Å². The molecule has 1 aliphatic heterocycles. The summed E-state index contributed by atoms with van der Waals surface area (Å²) >= 11 is 0. The number of benzene rings is 2. The second kappa shape index (κ2) is 9.61. The Kier molecular flexibility index (Phi) is 6.92. The molecule has 2 atom stereocenters. The minimum absolute atomic E-state index is 0. The van der Waals surface area contributed by atoms with Crippen molar-refractivity contribution >= 4 is 24.0 Å². The third-order valence-corrected chi connectivity index (χ3v) is 4.79. The zero-order chi connectivity index (χ0) is 20.2. The number of halogens is 1. The molecule has 0 spiro atoms. The van der Waals surface area contributed by atoms with Crippen LogP contribution in [0.5, 0.6) is 17.4 Å². The number of carbonyl (C=O) groups is 1. The van der Waals surface area contributed by atoms with Crippen LogP contribution < -0.4 is 20.5 Å². The topological polar surface area (TPSA) is 86.5 Å². The van der Waals surface area contributed by atoms with Crippen LogP contribution in [0.1, 0.15) is 30.6 Å². The van der Waals surface area contributed by atoms with Crippen LogP contribution in [0.3, 0.4) is 0 Å². The quantitative estimate of drug-likeness (QED) is 0.621. The van der Waals surface area contributed by atoms with Gasteiger partial charge in [-0.3, -0.25) is 4.79 Å². The zero-order valence-corrected chi connectivity index (χ0v) is 17.4. The van der Waals surface area contributed by atoms with Crippen LogP contribution in [-0.2, 0) is 11.2 Å². The molecule has 0 saturated carbocycles. The van der Waals surface area contributed by atoms with E-state index in [1.165, 1.54) is 5.56 Å². The SMILES string of the molecule is CC(N)C(=O)Nc1ccc(Oc2ccc3c(c2)CC[C@H](c2ccccc2)O3)nc1.Cl. The van der Waals surface area contributed by atoms with E-state index >= 15 is 0 Å². The molecular weight excluding hydrogens is 402 g/mol. The van der Waals surface area contributed by atoms with Crippen LogP contribution in [0, 0.1) is 0 Å². The molecular formula is C23H24ClN3O3. The number of carbonyl (C=O) groups excluding carboxylic acids is 1. The van der Waals surface area contributed by atoms with Gasteiger partial charge in [-0.2, -0.15) is 0 Å². The summed E-state index contributed by atoms with van der Waals surface area (Å²) in [5.41, 5.74) is 8.43. The lowest BCUT2D eigenvalue weighted by Crippen LogP contribution is -2.32. The number of anilines is 1. The molecule has 30 heavy (non-hydrogen) atoms. The third kappa shape index (κ3) is 5.09. The van der Waals surface area contributed by atoms with Gasteiger partial charge in [-0.25, -0.2) is 4.98 Å². The number of rotatable bonds is 5. The summed E-state index contributed by atoms with van der Waals surface area (Å²) in [5, 5.41) is 2.69. The zero-order valence-electron chi connectivity index (χ0n) is 16.6. The molecule has 6 nitrogen and oxygen atoms in total. The lowest BCUT2D eigenvalue weighted by molar-refractivity contribution is -0.117. The molecule has 1 aromatic heterocycles. The number of hydrogen-bond donors (Lipinski definition) is 2. The molecule has 1 aliphatic rings. The van der Waals surface area contributed by atoms with Crippen molar-refractivity contribution in [3.63, 3.8) is 0 Å². The number of nitrogens with two attached hydrogens (primary N) is 1. The fraction of sp³-hybridized carbons (Fsp3) is 0.217. The highest BCUT2D eigenvalue weighted by Gasteiger charge is 2.21. The summed E-state index contributed by atoms with van der Waals surface area (Å²) in [4.78, 5) is 15.9. The molecule has 0 aliphatic carbocycles. The summed E-state index contributed by atoms with van der Waals surface area (Å²) in [6, 6.07) is 18.9. The molecule has 1 unspecified atom stereocenters. The van der Waals surface area contributed by atoms with Gasteiger partial charge >= 0.3 is 0 Å². The van der Waals surface area contributed by atoms with Gasteiger partial charge in [0.2, 0.25) is 11.8 Å². The Bertz CT molecular complexity index is 994. The Balaban J connectivity index is 0.00000256. The first-order valence-corrected chi connectivity index (χ1v) is 9.63. The number of aromatic nitrogens is 1. The van der Waals surface area contributed by atoms with E-state index in [4.69, 9.17) is 15.2 Å². The summed E-state index contributed by atoms with van der Waals surface area (Å²) in [5.74, 6) is 1.77. The fourth-order valence-corrected chi connectivity index (χ4v) is 3.22. The van der Waals surface area contributed by atoms with Gasteiger partial charge in [-0.1, -0.05) is 30.3 Å². The monoisotopic (exact) mass is 425 g/mol. The first-order valence-electron chi connectivity index (χ1n) is 9.63. The highest BCUT2D eigenvalue weighted by Crippen LogP contribution is 2.37. The number of fused-ring (bicyclic) bond motifs is 1. The van der Waals surface area contributed by atoms with Crippen molar-refractivity contribution in [1.29, 1.82) is 0 Å². The molecule has 0 fully saturated rings. The second-order valence-electron chi connectivity index (χ2n) is 7.09. The van der Waals surface area contributed by atoms with Crippen LogP contribution in [0.25, 0.3) is 0 Å². The van der Waals surface area contributed by atoms with Gasteiger partial charge in [-0.05, 0) is 55.2 Å². The van der Waals surface area contributed by atoms with Gasteiger partial charge in [0.15, 0.2) is 0 Å². The van der Waals surface area contributed by atoms with Crippen molar-refractivity contribution < 1.29 is 14.3 Å². The maximum absolute atomic E-state index is 11.6. The Morgan fingerprint density at radius 2 is 2.00 bits per heavy atom. The van der Waals surface area contributed by atoms with Crippen molar-refractivity contribution in [2.75, 3.05) is 5.32 Å². The maximum Gasteiger partial charge on any atom is 0.241 e. The highest BCUT2D eigenvalue weighted by molar-refractivity contribution is 5.94. The fourth-order valence-electron chi connectivity index (χ4n) is 3.22. The van der Waals surface area contributed by atoms with Gasteiger partial charge < -0.3 is 20.5 Å². The summed E-state index contributed by atoms with van der Waals surface area (Å²) < 4.78 is 12.0. The van der Waals surface area contributed by atoms with E-state index in [1.54, 1.807) is 25.3 Å². The largest absolute Gasteiger partial charge is 0.485 e. The van der Waals surface area contributed by atoms with E-state index in [0.717, 1.165) is 24.2 Å². The van der Waals surface area contributed by atoms with Crippen LogP contribution in [0.15, 0.2) is 66.9 Å². The molecule has 3 N–H and O–H groups in total. The molecule has 0 saturated heterocycles. The third-order valence-electron chi connectivity index (χ3n) is 4.79. The number of nitrogens with zero attached hydrogens (tertiary/aromatic N) is 1. The standard InChI is InChI=1S/C23H23N3O3.ClH/c1-15(24)23(27)26-18-8-12-22(25-14-18)28-19-9-11-21-17(13-19)7-10-20(29-21)16-5-3-2-4-6-16;/h2-6,8-9,11-15,20H,7,10,24H2,1H3,(H,26,27);1H/t15?,20-;/m1./s1. The van der Waals surface area contributed by atoms with Gasteiger partial charge in [0.1, 0.15) is 17.6 Å². The first-order chi connectivity index (χ1) is 14.1. The predicted molar refractivity (Wildman–Crippen MR) is 118 cm³/mol. The molecule has 156 valence electrons. The number of hydrogen-bond acceptors (Lipinski definition) is 5. The van der Waals surface area contributed by atoms with Gasteiger partial charge in [0, 0.05) is 6.07 Å². The highest BCUT2D eigenvalue weighted by atomic mass is 35.5. The van der Waals surface area contributed by atoms with Crippen LogP contribution in [0.4, 0.5) is 5.69 Å². The average Bonchev–Trinajstić information content (AvgIpc) is 2.75. The van der Waals surface area contributed by atoms with E-state index in [0.29, 0.717) is 17.3 Å². The minimum Gasteiger partial charge on any atom is -0.485 e. The first kappa shape index (κ1) is 21.6. The van der Waals surface area contributed by atoms with E-state index in [2.05, 4.69) is 22.4 Å². The molecule has 4 rings (SSSR count). The molecule has 0 radical (unpaired) electrons. The summed E-state index contributed by atoms with van der Waals surface area (Å²) in [7, 11) is 0. The molecule has 2 heterocycles. The second-order valence-corrected chi connectivity index (χ2v) is 7.09. The van der Waals surface area contributed by atoms with Gasteiger partial charge in [0.05, 0.1) is 17.9 Å². The van der Waals surface area contributed by atoms with Crippen molar-refractivity contribution in [2.24, 2.45) is 5.73 Å². The normalized spacial score (nSPS) is 15.7. The predicted octanol–water partition coefficient (Wildman–Crippen LogP) is 4.65. The Morgan fingerprint density at radius 1 is 1.20 bits per heavy atom. The van der Waals surface area contributed by atoms with Crippen LogP contribution in [0.2, 0.25) is 0 Å². The van der Waals surface area contributed by atoms with Crippen LogP contribution in [-0.4, -0.2) is 16.9 Å². The smallest absolute Gasteiger partial charge is 0.241 e. The molecule has 1 amide bonds. The Labute approximate surface area is 181 Å². The van der Waals surface area contributed by atoms with Crippen molar-refractivity contribution in [2.45, 2.75) is 31.9 Å². The van der Waals surface area contributed by atoms with E-state index in [9.17, 15) is 4.79 Å². The number of nitrogens with one attached hydrogen (secondary N) is 1. The molecule has 0 bridgehead atoms. The van der Waals surface area contributed by atoms with Crippen molar-refractivity contribution in [3.05, 3.63) is 78.0 Å². The lowest BCUT2D eigenvalue weighted by atomic mass is 9.97.